The van der Waals surface area contributed by atoms with Crippen LogP contribution in [-0.4, -0.2) is 48.9 Å². The van der Waals surface area contributed by atoms with Gasteiger partial charge in [0.2, 0.25) is 7.37 Å². The molecule has 80 valence electrons. The molecule has 0 saturated heterocycles. The Balaban J connectivity index is 3.90. The van der Waals surface area contributed by atoms with Gasteiger partial charge >= 0.3 is 0 Å². The third-order valence-electron chi connectivity index (χ3n) is 1.38. The summed E-state index contributed by atoms with van der Waals surface area (Å²) in [6.45, 7) is 2.44. The first kappa shape index (κ1) is 13.3. The summed E-state index contributed by atoms with van der Waals surface area (Å²) < 4.78 is 27.2. The molecule has 0 aromatic heterocycles. The van der Waals surface area contributed by atoms with Crippen LogP contribution in [-0.2, 0) is 13.7 Å². The Morgan fingerprint density at radius 1 is 1.23 bits per heavy atom. The lowest BCUT2D eigenvalue weighted by molar-refractivity contribution is 0.204. The molecule has 0 aliphatic rings. The Morgan fingerprint density at radius 3 is 2.15 bits per heavy atom. The molecule has 0 amide bonds. The van der Waals surface area contributed by atoms with E-state index in [2.05, 4.69) is 0 Å². The first-order chi connectivity index (χ1) is 5.77. The summed E-state index contributed by atoms with van der Waals surface area (Å²) in [4.78, 5) is 8.94. The Morgan fingerprint density at radius 2 is 1.77 bits per heavy atom. The van der Waals surface area contributed by atoms with Crippen molar-refractivity contribution in [3.63, 3.8) is 0 Å². The average molecular weight is 230 g/mol. The lowest BCUT2D eigenvalue weighted by Crippen LogP contribution is -2.02. The summed E-state index contributed by atoms with van der Waals surface area (Å²) in [5.74, 6) is 0. The summed E-state index contributed by atoms with van der Waals surface area (Å²) in [7, 11) is -5.91. The highest BCUT2D eigenvalue weighted by Crippen LogP contribution is 2.47. The minimum atomic E-state index is -3.11. The summed E-state index contributed by atoms with van der Waals surface area (Å²) in [5, 5.41) is 8.41. The molecule has 0 saturated carbocycles. The van der Waals surface area contributed by atoms with Crippen LogP contribution >= 0.6 is 14.7 Å². The Labute approximate surface area is 78.0 Å². The van der Waals surface area contributed by atoms with Gasteiger partial charge in [-0.2, -0.15) is 0 Å². The highest BCUT2D eigenvalue weighted by molar-refractivity contribution is 7.61. The quantitative estimate of drug-likeness (QED) is 0.659. The Hall–Kier alpha value is 0.340. The molecule has 13 heavy (non-hydrogen) atoms. The second-order valence-corrected chi connectivity index (χ2v) is 8.35. The zero-order valence-corrected chi connectivity index (χ0v) is 9.63. The molecule has 0 aliphatic carbocycles. The van der Waals surface area contributed by atoms with Crippen LogP contribution in [0.25, 0.3) is 0 Å². The molecule has 0 spiro atoms. The predicted octanol–water partition coefficient (Wildman–Crippen LogP) is 0.803. The van der Waals surface area contributed by atoms with Crippen molar-refractivity contribution in [3.8, 4) is 0 Å². The topological polar surface area (TPSA) is 83.8 Å². The van der Waals surface area contributed by atoms with E-state index in [1.54, 1.807) is 0 Å². The van der Waals surface area contributed by atoms with E-state index in [1.165, 1.54) is 13.3 Å². The molecule has 0 fully saturated rings. The van der Waals surface area contributed by atoms with Gasteiger partial charge in [0.1, 0.15) is 0 Å². The SMILES string of the molecule is CP(=O)(O)CCP(C)(=O)OCCO. The van der Waals surface area contributed by atoms with Gasteiger partial charge in [0.05, 0.1) is 13.2 Å². The predicted molar refractivity (Wildman–Crippen MR) is 52.1 cm³/mol. The molecule has 5 nitrogen and oxygen atoms in total. The maximum atomic E-state index is 11.5. The van der Waals surface area contributed by atoms with Crippen LogP contribution < -0.4 is 0 Å². The minimum Gasteiger partial charge on any atom is -0.394 e. The molecule has 0 heterocycles. The standard InChI is InChI=1S/C6H16O5P2/c1-12(8,9)5-6-13(2,10)11-4-3-7/h7H,3-6H2,1-2H3,(H,8,9). The fourth-order valence-corrected chi connectivity index (χ4v) is 4.20. The van der Waals surface area contributed by atoms with Crippen molar-refractivity contribution in [2.45, 2.75) is 0 Å². The van der Waals surface area contributed by atoms with Crippen molar-refractivity contribution < 1.29 is 23.7 Å². The summed E-state index contributed by atoms with van der Waals surface area (Å²) in [6.07, 6.45) is 0.0729. The van der Waals surface area contributed by atoms with Crippen molar-refractivity contribution in [3.05, 3.63) is 0 Å². The van der Waals surface area contributed by atoms with Gasteiger partial charge in [0.25, 0.3) is 0 Å². The molecule has 7 heteroatoms. The second kappa shape index (κ2) is 5.28. The van der Waals surface area contributed by atoms with E-state index in [0.29, 0.717) is 0 Å². The highest BCUT2D eigenvalue weighted by atomic mass is 31.2. The van der Waals surface area contributed by atoms with Crippen molar-refractivity contribution in [1.29, 1.82) is 0 Å². The number of hydrogen-bond acceptors (Lipinski definition) is 4. The highest BCUT2D eigenvalue weighted by Gasteiger charge is 2.20. The van der Waals surface area contributed by atoms with Crippen LogP contribution in [0.1, 0.15) is 0 Å². The van der Waals surface area contributed by atoms with Crippen LogP contribution in [0.3, 0.4) is 0 Å². The average Bonchev–Trinajstić information content (AvgIpc) is 1.97. The largest absolute Gasteiger partial charge is 0.394 e. The lowest BCUT2D eigenvalue weighted by atomic mass is 10.8. The molecule has 2 atom stereocenters. The lowest BCUT2D eigenvalue weighted by Gasteiger charge is -2.13. The Bertz CT molecular complexity index is 233. The van der Waals surface area contributed by atoms with E-state index in [9.17, 15) is 9.13 Å². The Kier molecular flexibility index (Phi) is 5.42. The summed E-state index contributed by atoms with van der Waals surface area (Å²) in [5.41, 5.74) is 0. The van der Waals surface area contributed by atoms with Crippen LogP contribution in [0.5, 0.6) is 0 Å². The molecule has 2 unspecified atom stereocenters. The summed E-state index contributed by atoms with van der Waals surface area (Å²) in [6, 6.07) is 0. The first-order valence-corrected chi connectivity index (χ1v) is 8.43. The molecule has 0 aromatic rings. The van der Waals surface area contributed by atoms with Gasteiger partial charge in [-0.25, -0.2) is 0 Å². The minimum absolute atomic E-state index is 0.00716. The van der Waals surface area contributed by atoms with Gasteiger partial charge in [0, 0.05) is 25.7 Å². The number of hydrogen-bond donors (Lipinski definition) is 2. The van der Waals surface area contributed by atoms with Crippen molar-refractivity contribution >= 4 is 14.7 Å². The van der Waals surface area contributed by atoms with Crippen LogP contribution in [0.15, 0.2) is 0 Å². The fraction of sp³-hybridized carbons (Fsp3) is 1.00. The first-order valence-electron chi connectivity index (χ1n) is 3.88. The van der Waals surface area contributed by atoms with Crippen LogP contribution in [0.2, 0.25) is 0 Å². The molecule has 0 rings (SSSR count). The molecule has 0 bridgehead atoms. The number of aliphatic hydroxyl groups excluding tert-OH is 1. The fourth-order valence-electron chi connectivity index (χ4n) is 0.666. The van der Waals surface area contributed by atoms with E-state index in [0.717, 1.165) is 0 Å². The van der Waals surface area contributed by atoms with E-state index in [-0.39, 0.29) is 25.5 Å². The number of rotatable bonds is 6. The molecule has 2 N–H and O–H groups in total. The third kappa shape index (κ3) is 8.66. The smallest absolute Gasteiger partial charge is 0.200 e. The molecular weight excluding hydrogens is 214 g/mol. The van der Waals surface area contributed by atoms with Gasteiger partial charge in [0.15, 0.2) is 7.37 Å². The van der Waals surface area contributed by atoms with Gasteiger partial charge in [-0.3, -0.25) is 9.13 Å². The van der Waals surface area contributed by atoms with E-state index >= 15 is 0 Å². The normalized spacial score (nSPS) is 20.6. The van der Waals surface area contributed by atoms with Gasteiger partial charge < -0.3 is 14.5 Å². The van der Waals surface area contributed by atoms with Crippen molar-refractivity contribution in [2.24, 2.45) is 0 Å². The molecule has 0 aliphatic heterocycles. The van der Waals surface area contributed by atoms with E-state index in [1.807, 2.05) is 0 Å². The monoisotopic (exact) mass is 230 g/mol. The maximum Gasteiger partial charge on any atom is 0.200 e. The van der Waals surface area contributed by atoms with Crippen LogP contribution in [0, 0.1) is 0 Å². The second-order valence-electron chi connectivity index (χ2n) is 3.07. The van der Waals surface area contributed by atoms with Gasteiger partial charge in [-0.15, -0.1) is 0 Å². The summed E-state index contributed by atoms with van der Waals surface area (Å²) >= 11 is 0. The van der Waals surface area contributed by atoms with E-state index in [4.69, 9.17) is 14.5 Å². The third-order valence-corrected chi connectivity index (χ3v) is 4.55. The molecule has 0 radical (unpaired) electrons. The molecular formula is C6H16O5P2. The molecule has 0 aromatic carbocycles. The maximum absolute atomic E-state index is 11.5. The van der Waals surface area contributed by atoms with Crippen molar-refractivity contribution in [1.82, 2.24) is 0 Å². The van der Waals surface area contributed by atoms with Gasteiger partial charge in [-0.1, -0.05) is 0 Å². The zero-order valence-electron chi connectivity index (χ0n) is 7.84. The number of aliphatic hydroxyl groups is 1. The van der Waals surface area contributed by atoms with Crippen molar-refractivity contribution in [2.75, 3.05) is 38.9 Å². The zero-order chi connectivity index (χ0) is 10.5. The van der Waals surface area contributed by atoms with Crippen LogP contribution in [0.4, 0.5) is 0 Å². The van der Waals surface area contributed by atoms with E-state index < -0.39 is 14.7 Å². The van der Waals surface area contributed by atoms with Gasteiger partial charge in [-0.05, 0) is 0 Å².